The van der Waals surface area contributed by atoms with Crippen molar-refractivity contribution in [3.8, 4) is 5.75 Å². The number of anilines is 1. The van der Waals surface area contributed by atoms with Gasteiger partial charge in [0.2, 0.25) is 5.95 Å². The monoisotopic (exact) mass is 399 g/mol. The van der Waals surface area contributed by atoms with Gasteiger partial charge in [-0.1, -0.05) is 13.8 Å². The number of carbonyl (C=O) groups is 2. The van der Waals surface area contributed by atoms with Gasteiger partial charge >= 0.3 is 0 Å². The number of imidazole rings is 1. The summed E-state index contributed by atoms with van der Waals surface area (Å²) in [7, 11) is 0. The lowest BCUT2D eigenvalue weighted by Crippen LogP contribution is -2.13. The van der Waals surface area contributed by atoms with Gasteiger partial charge in [-0.3, -0.25) is 14.9 Å². The van der Waals surface area contributed by atoms with Crippen LogP contribution in [-0.2, 0) is 4.74 Å². The topological polar surface area (TPSA) is 114 Å². The molecule has 0 spiro atoms. The SMILES string of the molecule is CC.O=Cc1ccc2nc(NC(=O)c3ccc(OCCOCCO)cc3)[nH]c2c1. The summed E-state index contributed by atoms with van der Waals surface area (Å²) in [5.41, 5.74) is 2.31. The van der Waals surface area contributed by atoms with E-state index >= 15 is 0 Å². The van der Waals surface area contributed by atoms with Crippen LogP contribution in [0.15, 0.2) is 42.5 Å². The van der Waals surface area contributed by atoms with E-state index in [9.17, 15) is 9.59 Å². The van der Waals surface area contributed by atoms with Crippen LogP contribution >= 0.6 is 0 Å². The second-order valence-corrected chi connectivity index (χ2v) is 5.64. The number of nitrogens with one attached hydrogen (secondary N) is 2. The maximum absolute atomic E-state index is 12.3. The van der Waals surface area contributed by atoms with E-state index in [1.54, 1.807) is 42.5 Å². The number of benzene rings is 2. The van der Waals surface area contributed by atoms with E-state index in [1.807, 2.05) is 13.8 Å². The molecule has 1 heterocycles. The third kappa shape index (κ3) is 6.41. The summed E-state index contributed by atoms with van der Waals surface area (Å²) >= 11 is 0. The summed E-state index contributed by atoms with van der Waals surface area (Å²) in [5.74, 6) is 0.603. The molecule has 0 radical (unpaired) electrons. The molecule has 0 fully saturated rings. The molecule has 0 aliphatic rings. The van der Waals surface area contributed by atoms with Crippen molar-refractivity contribution in [2.75, 3.05) is 31.7 Å². The maximum Gasteiger partial charge on any atom is 0.257 e. The molecule has 8 heteroatoms. The molecule has 0 aliphatic heterocycles. The summed E-state index contributed by atoms with van der Waals surface area (Å²) in [6.45, 7) is 4.99. The summed E-state index contributed by atoms with van der Waals surface area (Å²) in [5, 5.41) is 11.3. The molecular weight excluding hydrogens is 374 g/mol. The fraction of sp³-hybridized carbons (Fsp3) is 0.286. The molecule has 0 bridgehead atoms. The Kier molecular flexibility index (Phi) is 8.81. The van der Waals surface area contributed by atoms with Crippen LogP contribution in [0.25, 0.3) is 11.0 Å². The highest BCUT2D eigenvalue weighted by Gasteiger charge is 2.10. The highest BCUT2D eigenvalue weighted by molar-refractivity contribution is 6.04. The lowest BCUT2D eigenvalue weighted by atomic mass is 10.2. The predicted molar refractivity (Wildman–Crippen MR) is 111 cm³/mol. The van der Waals surface area contributed by atoms with E-state index in [1.165, 1.54) is 0 Å². The van der Waals surface area contributed by atoms with Crippen molar-refractivity contribution in [3.63, 3.8) is 0 Å². The number of aldehydes is 1. The molecule has 3 aromatic rings. The zero-order valence-corrected chi connectivity index (χ0v) is 16.5. The molecule has 0 atom stereocenters. The van der Waals surface area contributed by atoms with Gasteiger partial charge < -0.3 is 19.6 Å². The van der Waals surface area contributed by atoms with Gasteiger partial charge in [0.05, 0.1) is 30.9 Å². The number of aliphatic hydroxyl groups is 1. The first-order chi connectivity index (χ1) is 14.2. The van der Waals surface area contributed by atoms with E-state index in [0.717, 1.165) is 6.29 Å². The maximum atomic E-state index is 12.3. The second-order valence-electron chi connectivity index (χ2n) is 5.64. The molecule has 29 heavy (non-hydrogen) atoms. The van der Waals surface area contributed by atoms with Gasteiger partial charge in [0.1, 0.15) is 18.6 Å². The molecule has 1 amide bonds. The number of hydrogen-bond donors (Lipinski definition) is 3. The van der Waals surface area contributed by atoms with Crippen LogP contribution in [0.3, 0.4) is 0 Å². The van der Waals surface area contributed by atoms with Gasteiger partial charge in [-0.15, -0.1) is 0 Å². The minimum absolute atomic E-state index is 0.0205. The Balaban J connectivity index is 0.00000145. The van der Waals surface area contributed by atoms with E-state index in [0.29, 0.717) is 47.1 Å². The first-order valence-corrected chi connectivity index (χ1v) is 9.37. The molecule has 3 rings (SSSR count). The second kappa shape index (κ2) is 11.6. The van der Waals surface area contributed by atoms with Crippen LogP contribution in [0.1, 0.15) is 34.6 Å². The van der Waals surface area contributed by atoms with Gasteiger partial charge in [-0.05, 0) is 42.5 Å². The van der Waals surface area contributed by atoms with Gasteiger partial charge in [0.15, 0.2) is 0 Å². The van der Waals surface area contributed by atoms with Crippen molar-refractivity contribution in [1.29, 1.82) is 0 Å². The number of aromatic nitrogens is 2. The quantitative estimate of drug-likeness (QED) is 0.376. The Bertz CT molecular complexity index is 922. The molecule has 0 saturated carbocycles. The first kappa shape index (κ1) is 22.1. The number of aromatic amines is 1. The van der Waals surface area contributed by atoms with Crippen molar-refractivity contribution in [2.24, 2.45) is 0 Å². The van der Waals surface area contributed by atoms with Crippen molar-refractivity contribution >= 4 is 29.2 Å². The number of H-pyrrole nitrogens is 1. The van der Waals surface area contributed by atoms with Crippen LogP contribution in [0, 0.1) is 0 Å². The molecule has 2 aromatic carbocycles. The van der Waals surface area contributed by atoms with Crippen molar-refractivity contribution in [2.45, 2.75) is 13.8 Å². The normalized spacial score (nSPS) is 10.2. The number of aliphatic hydroxyl groups excluding tert-OH is 1. The largest absolute Gasteiger partial charge is 0.491 e. The fourth-order valence-corrected chi connectivity index (χ4v) is 2.43. The van der Waals surface area contributed by atoms with Crippen LogP contribution < -0.4 is 10.1 Å². The number of ether oxygens (including phenoxy) is 2. The Morgan fingerprint density at radius 1 is 1.14 bits per heavy atom. The van der Waals surface area contributed by atoms with Crippen LogP contribution in [0.4, 0.5) is 5.95 Å². The lowest BCUT2D eigenvalue weighted by Gasteiger charge is -2.07. The zero-order chi connectivity index (χ0) is 21.1. The molecule has 0 saturated heterocycles. The zero-order valence-electron chi connectivity index (χ0n) is 16.5. The van der Waals surface area contributed by atoms with E-state index in [2.05, 4.69) is 15.3 Å². The molecule has 0 unspecified atom stereocenters. The van der Waals surface area contributed by atoms with E-state index < -0.39 is 0 Å². The molecule has 154 valence electrons. The Hall–Kier alpha value is -3.23. The van der Waals surface area contributed by atoms with E-state index in [-0.39, 0.29) is 19.1 Å². The fourth-order valence-electron chi connectivity index (χ4n) is 2.43. The third-order valence-electron chi connectivity index (χ3n) is 3.72. The molecule has 8 nitrogen and oxygen atoms in total. The van der Waals surface area contributed by atoms with Crippen LogP contribution in [0.5, 0.6) is 5.75 Å². The van der Waals surface area contributed by atoms with Gasteiger partial charge in [-0.25, -0.2) is 4.98 Å². The molecule has 3 N–H and O–H groups in total. The predicted octanol–water partition coefficient (Wildman–Crippen LogP) is 3.04. The van der Waals surface area contributed by atoms with Crippen molar-refractivity contribution in [3.05, 3.63) is 53.6 Å². The highest BCUT2D eigenvalue weighted by atomic mass is 16.5. The number of hydrogen-bond acceptors (Lipinski definition) is 6. The number of carbonyl (C=O) groups excluding carboxylic acids is 2. The average Bonchev–Trinajstić information content (AvgIpc) is 3.16. The summed E-state index contributed by atoms with van der Waals surface area (Å²) < 4.78 is 10.6. The minimum Gasteiger partial charge on any atom is -0.491 e. The Labute approximate surface area is 168 Å². The highest BCUT2D eigenvalue weighted by Crippen LogP contribution is 2.17. The summed E-state index contributed by atoms with van der Waals surface area (Å²) in [4.78, 5) is 30.4. The van der Waals surface area contributed by atoms with Crippen molar-refractivity contribution in [1.82, 2.24) is 9.97 Å². The van der Waals surface area contributed by atoms with E-state index in [4.69, 9.17) is 14.6 Å². The standard InChI is InChI=1S/C19H19N3O5.C2H6/c23-7-8-26-9-10-27-15-4-2-14(3-5-15)18(25)22-19-20-16-6-1-13(12-24)11-17(16)21-19;1-2/h1-6,11-12,23H,7-10H2,(H2,20,21,22,25);1-2H3. The third-order valence-corrected chi connectivity index (χ3v) is 3.72. The number of amides is 1. The summed E-state index contributed by atoms with van der Waals surface area (Å²) in [6, 6.07) is 11.7. The Morgan fingerprint density at radius 3 is 2.59 bits per heavy atom. The van der Waals surface area contributed by atoms with Gasteiger partial charge in [-0.2, -0.15) is 0 Å². The van der Waals surface area contributed by atoms with Gasteiger partial charge in [0, 0.05) is 11.1 Å². The molecule has 0 aliphatic carbocycles. The average molecular weight is 399 g/mol. The molecule has 1 aromatic heterocycles. The lowest BCUT2D eigenvalue weighted by molar-refractivity contribution is 0.0705. The summed E-state index contributed by atoms with van der Waals surface area (Å²) in [6.07, 6.45) is 0.751. The molecular formula is C21H25N3O5. The van der Waals surface area contributed by atoms with Crippen molar-refractivity contribution < 1.29 is 24.2 Å². The number of nitrogens with zero attached hydrogens (tertiary/aromatic N) is 1. The first-order valence-electron chi connectivity index (χ1n) is 9.37. The van der Waals surface area contributed by atoms with Crippen LogP contribution in [0.2, 0.25) is 0 Å². The Morgan fingerprint density at radius 2 is 1.90 bits per heavy atom. The number of rotatable bonds is 9. The smallest absolute Gasteiger partial charge is 0.257 e. The van der Waals surface area contributed by atoms with Crippen LogP contribution in [-0.4, -0.2) is 53.7 Å². The number of fused-ring (bicyclic) bond motifs is 1. The minimum atomic E-state index is -0.317. The van der Waals surface area contributed by atoms with Gasteiger partial charge in [0.25, 0.3) is 5.91 Å².